The van der Waals surface area contributed by atoms with Crippen molar-refractivity contribution in [3.8, 4) is 5.75 Å². The molecule has 0 radical (unpaired) electrons. The van der Waals surface area contributed by atoms with E-state index < -0.39 is 12.0 Å². The lowest BCUT2D eigenvalue weighted by molar-refractivity contribution is -0.138. The van der Waals surface area contributed by atoms with Crippen LogP contribution in [-0.4, -0.2) is 24.3 Å². The Morgan fingerprint density at radius 3 is 2.47 bits per heavy atom. The molecule has 0 aliphatic carbocycles. The number of hydrogen-bond acceptors (Lipinski definition) is 6. The van der Waals surface area contributed by atoms with Crippen molar-refractivity contribution in [1.82, 2.24) is 4.57 Å². The molecule has 38 heavy (non-hydrogen) atoms. The normalized spacial score (nSPS) is 15.2. The van der Waals surface area contributed by atoms with Crippen molar-refractivity contribution in [1.29, 1.82) is 0 Å². The van der Waals surface area contributed by atoms with E-state index in [-0.39, 0.29) is 12.2 Å². The second-order valence-electron chi connectivity index (χ2n) is 8.35. The number of hydrogen-bond donors (Lipinski definition) is 0. The van der Waals surface area contributed by atoms with Gasteiger partial charge >= 0.3 is 5.97 Å². The molecule has 192 valence electrons. The first-order valence-corrected chi connectivity index (χ1v) is 14.5. The first-order valence-electron chi connectivity index (χ1n) is 11.8. The molecule has 1 aliphatic rings. The molecule has 0 N–H and O–H groups in total. The minimum Gasteiger partial charge on any atom is -0.495 e. The van der Waals surface area contributed by atoms with E-state index in [1.165, 1.54) is 11.3 Å². The summed E-state index contributed by atoms with van der Waals surface area (Å²) in [6.07, 6.45) is 1.81. The highest BCUT2D eigenvalue weighted by Crippen LogP contribution is 2.35. The van der Waals surface area contributed by atoms with Crippen LogP contribution in [0.15, 0.2) is 92.6 Å². The SMILES string of the molecule is CCOC(=O)C1=C(c2ccccc2)N=c2s/c(=C\c3cc(Br)cc(I)c3OC)c(=O)n2[C@@H]1c1ccccc1. The third kappa shape index (κ3) is 5.02. The van der Waals surface area contributed by atoms with Crippen LogP contribution in [-0.2, 0) is 9.53 Å². The maximum absolute atomic E-state index is 14.0. The second kappa shape index (κ2) is 11.4. The van der Waals surface area contributed by atoms with Gasteiger partial charge in [0, 0.05) is 15.6 Å². The number of benzene rings is 3. The zero-order valence-corrected chi connectivity index (χ0v) is 25.0. The van der Waals surface area contributed by atoms with Gasteiger partial charge in [-0.3, -0.25) is 9.36 Å². The van der Waals surface area contributed by atoms with Crippen LogP contribution in [0.1, 0.15) is 29.7 Å². The Balaban J connectivity index is 1.84. The predicted octanol–water partition coefficient (Wildman–Crippen LogP) is 5.31. The summed E-state index contributed by atoms with van der Waals surface area (Å²) in [7, 11) is 1.61. The number of nitrogens with zero attached hydrogens (tertiary/aromatic N) is 2. The molecular weight excluding hydrogens is 679 g/mol. The highest BCUT2D eigenvalue weighted by atomic mass is 127. The molecule has 0 saturated heterocycles. The van der Waals surface area contributed by atoms with Gasteiger partial charge in [-0.25, -0.2) is 9.79 Å². The molecule has 0 unspecified atom stereocenters. The minimum atomic E-state index is -0.701. The van der Waals surface area contributed by atoms with E-state index in [0.29, 0.717) is 26.4 Å². The highest BCUT2D eigenvalue weighted by molar-refractivity contribution is 14.1. The number of ether oxygens (including phenoxy) is 2. The summed E-state index contributed by atoms with van der Waals surface area (Å²) in [5.74, 6) is 0.179. The van der Waals surface area contributed by atoms with E-state index in [9.17, 15) is 9.59 Å². The molecule has 9 heteroatoms. The smallest absolute Gasteiger partial charge is 0.338 e. The number of halogens is 2. The molecule has 2 heterocycles. The van der Waals surface area contributed by atoms with Gasteiger partial charge in [0.15, 0.2) is 4.80 Å². The van der Waals surface area contributed by atoms with E-state index in [4.69, 9.17) is 14.5 Å². The molecule has 0 spiro atoms. The largest absolute Gasteiger partial charge is 0.495 e. The maximum atomic E-state index is 14.0. The molecular formula is C29H22BrIN2O4S. The number of esters is 1. The van der Waals surface area contributed by atoms with Gasteiger partial charge in [0.05, 0.1) is 39.1 Å². The molecule has 0 saturated carbocycles. The summed E-state index contributed by atoms with van der Waals surface area (Å²) >= 11 is 7.03. The van der Waals surface area contributed by atoms with Crippen LogP contribution in [0.25, 0.3) is 11.8 Å². The van der Waals surface area contributed by atoms with Crippen LogP contribution >= 0.6 is 49.9 Å². The Morgan fingerprint density at radius 2 is 1.82 bits per heavy atom. The summed E-state index contributed by atoms with van der Waals surface area (Å²) in [4.78, 5) is 32.8. The van der Waals surface area contributed by atoms with Gasteiger partial charge in [0.2, 0.25) is 0 Å². The minimum absolute atomic E-state index is 0.206. The fourth-order valence-electron chi connectivity index (χ4n) is 4.44. The van der Waals surface area contributed by atoms with Crippen molar-refractivity contribution in [2.45, 2.75) is 13.0 Å². The Bertz CT molecular complexity index is 1730. The molecule has 3 aromatic carbocycles. The zero-order valence-electron chi connectivity index (χ0n) is 20.5. The molecule has 4 aromatic rings. The van der Waals surface area contributed by atoms with Crippen LogP contribution in [0, 0.1) is 3.57 Å². The molecule has 1 atom stereocenters. The lowest BCUT2D eigenvalue weighted by Gasteiger charge is -2.25. The predicted molar refractivity (Wildman–Crippen MR) is 161 cm³/mol. The number of methoxy groups -OCH3 is 1. The average molecular weight is 701 g/mol. The molecule has 0 amide bonds. The number of aromatic nitrogens is 1. The Labute approximate surface area is 245 Å². The van der Waals surface area contributed by atoms with Crippen molar-refractivity contribution in [3.05, 3.63) is 123 Å². The molecule has 0 bridgehead atoms. The van der Waals surface area contributed by atoms with Gasteiger partial charge in [0.25, 0.3) is 5.56 Å². The summed E-state index contributed by atoms with van der Waals surface area (Å²) in [5.41, 5.74) is 2.92. The Morgan fingerprint density at radius 1 is 1.13 bits per heavy atom. The second-order valence-corrected chi connectivity index (χ2v) is 11.4. The van der Waals surface area contributed by atoms with Crippen LogP contribution in [0.5, 0.6) is 5.75 Å². The third-order valence-corrected chi connectivity index (χ3v) is 8.26. The van der Waals surface area contributed by atoms with E-state index in [2.05, 4.69) is 38.5 Å². The first-order chi connectivity index (χ1) is 18.4. The van der Waals surface area contributed by atoms with E-state index in [1.807, 2.05) is 78.9 Å². The fourth-order valence-corrected chi connectivity index (χ4v) is 7.20. The van der Waals surface area contributed by atoms with Crippen molar-refractivity contribution >= 4 is 67.6 Å². The summed E-state index contributed by atoms with van der Waals surface area (Å²) in [5, 5.41) is 0. The number of carbonyl (C=O) groups is 1. The van der Waals surface area contributed by atoms with Crippen LogP contribution in [0.3, 0.4) is 0 Å². The number of rotatable bonds is 6. The van der Waals surface area contributed by atoms with Gasteiger partial charge in [0.1, 0.15) is 5.75 Å². The Kier molecular flexibility index (Phi) is 7.96. The molecule has 6 nitrogen and oxygen atoms in total. The fraction of sp³-hybridized carbons (Fsp3) is 0.138. The van der Waals surface area contributed by atoms with Crippen molar-refractivity contribution in [2.75, 3.05) is 13.7 Å². The number of thiazole rings is 1. The monoisotopic (exact) mass is 700 g/mol. The van der Waals surface area contributed by atoms with Crippen molar-refractivity contribution < 1.29 is 14.3 Å². The van der Waals surface area contributed by atoms with E-state index >= 15 is 0 Å². The first kappa shape index (κ1) is 26.6. The van der Waals surface area contributed by atoms with Crippen molar-refractivity contribution in [2.24, 2.45) is 4.99 Å². The van der Waals surface area contributed by atoms with Crippen LogP contribution < -0.4 is 19.6 Å². The maximum Gasteiger partial charge on any atom is 0.338 e. The number of carbonyl (C=O) groups excluding carboxylic acids is 1. The topological polar surface area (TPSA) is 69.9 Å². The average Bonchev–Trinajstić information content (AvgIpc) is 3.23. The molecule has 1 aromatic heterocycles. The van der Waals surface area contributed by atoms with Gasteiger partial charge < -0.3 is 9.47 Å². The lowest BCUT2D eigenvalue weighted by Crippen LogP contribution is -2.40. The van der Waals surface area contributed by atoms with Gasteiger partial charge in [-0.05, 0) is 53.3 Å². The molecule has 0 fully saturated rings. The van der Waals surface area contributed by atoms with E-state index in [1.54, 1.807) is 18.6 Å². The van der Waals surface area contributed by atoms with Crippen LogP contribution in [0.4, 0.5) is 0 Å². The Hall–Kier alpha value is -3.02. The van der Waals surface area contributed by atoms with Gasteiger partial charge in [-0.2, -0.15) is 0 Å². The third-order valence-electron chi connectivity index (χ3n) is 6.02. The highest BCUT2D eigenvalue weighted by Gasteiger charge is 2.35. The standard InChI is InChI=1S/C29H22BrIN2O4S/c1-3-37-28(35)23-24(17-10-6-4-7-11-17)32-29-33(25(23)18-12-8-5-9-13-18)27(34)22(38-29)15-19-14-20(30)16-21(31)26(19)36-2/h4-16,25H,3H2,1-2H3/b22-15-/t25-/m1/s1. The molecule has 1 aliphatic heterocycles. The zero-order chi connectivity index (χ0) is 26.8. The van der Waals surface area contributed by atoms with E-state index in [0.717, 1.165) is 24.7 Å². The summed E-state index contributed by atoms with van der Waals surface area (Å²) in [6.45, 7) is 1.97. The summed E-state index contributed by atoms with van der Waals surface area (Å²) < 4.78 is 15.0. The van der Waals surface area contributed by atoms with Gasteiger partial charge in [-0.15, -0.1) is 0 Å². The quantitative estimate of drug-likeness (QED) is 0.202. The molecule has 5 rings (SSSR count). The number of fused-ring (bicyclic) bond motifs is 1. The van der Waals surface area contributed by atoms with Gasteiger partial charge in [-0.1, -0.05) is 87.9 Å². The lowest BCUT2D eigenvalue weighted by atomic mass is 9.93. The van der Waals surface area contributed by atoms with Crippen LogP contribution in [0.2, 0.25) is 0 Å². The summed E-state index contributed by atoms with van der Waals surface area (Å²) in [6, 6.07) is 22.2. The van der Waals surface area contributed by atoms with Crippen molar-refractivity contribution in [3.63, 3.8) is 0 Å².